The predicted octanol–water partition coefficient (Wildman–Crippen LogP) is 0.855. The van der Waals surface area contributed by atoms with Crippen LogP contribution in [-0.2, 0) is 19.2 Å². The van der Waals surface area contributed by atoms with Crippen LogP contribution in [0.25, 0.3) is 0 Å². The Bertz CT molecular complexity index is 1190. The number of hydrogen-bond donors (Lipinski definition) is 4. The van der Waals surface area contributed by atoms with Crippen LogP contribution in [0, 0.1) is 17.8 Å². The molecule has 1 aliphatic rings. The van der Waals surface area contributed by atoms with Crippen molar-refractivity contribution in [1.29, 1.82) is 0 Å². The van der Waals surface area contributed by atoms with Crippen molar-refractivity contribution in [2.24, 2.45) is 17.8 Å². The van der Waals surface area contributed by atoms with Gasteiger partial charge in [-0.3, -0.25) is 34.1 Å². The Balaban J connectivity index is 1.77. The second-order valence-corrected chi connectivity index (χ2v) is 8.89. The van der Waals surface area contributed by atoms with E-state index in [-0.39, 0.29) is 23.5 Å². The van der Waals surface area contributed by atoms with Crippen LogP contribution in [0.3, 0.4) is 0 Å². The molecule has 1 fully saturated rings. The summed E-state index contributed by atoms with van der Waals surface area (Å²) in [6.07, 6.45) is 1.15. The number of imide groups is 1. The summed E-state index contributed by atoms with van der Waals surface area (Å²) in [5.41, 5.74) is 0.348. The third-order valence-electron chi connectivity index (χ3n) is 5.95. The van der Waals surface area contributed by atoms with Crippen LogP contribution in [0.4, 0.5) is 0 Å². The van der Waals surface area contributed by atoms with E-state index >= 15 is 0 Å². The van der Waals surface area contributed by atoms with Crippen LogP contribution < -0.4 is 21.4 Å². The van der Waals surface area contributed by atoms with Gasteiger partial charge >= 0.3 is 0 Å². The first kappa shape index (κ1) is 25.5. The molecule has 3 rings (SSSR count). The van der Waals surface area contributed by atoms with E-state index in [9.17, 15) is 28.8 Å². The number of carbonyl (C=O) groups is 5. The van der Waals surface area contributed by atoms with E-state index in [1.807, 2.05) is 0 Å². The van der Waals surface area contributed by atoms with Gasteiger partial charge in [-0.25, -0.2) is 0 Å². The molecular formula is C25H28N4O6. The topological polar surface area (TPSA) is 154 Å². The van der Waals surface area contributed by atoms with Gasteiger partial charge in [-0.15, -0.1) is 0 Å². The van der Waals surface area contributed by atoms with E-state index in [0.29, 0.717) is 5.56 Å². The number of aromatic nitrogens is 1. The molecule has 1 aliphatic heterocycles. The Labute approximate surface area is 201 Å². The molecule has 4 amide bonds. The molecule has 1 aromatic heterocycles. The highest BCUT2D eigenvalue weighted by molar-refractivity contribution is 6.16. The summed E-state index contributed by atoms with van der Waals surface area (Å²) in [5.74, 6) is -5.16. The second-order valence-electron chi connectivity index (χ2n) is 8.89. The highest BCUT2D eigenvalue weighted by Gasteiger charge is 2.46. The van der Waals surface area contributed by atoms with Crippen molar-refractivity contribution in [3.05, 3.63) is 70.1 Å². The van der Waals surface area contributed by atoms with Gasteiger partial charge in [0.15, 0.2) is 11.2 Å². The van der Waals surface area contributed by atoms with Gasteiger partial charge in [-0.05, 0) is 11.5 Å². The maximum Gasteiger partial charge on any atom is 0.268 e. The second kappa shape index (κ2) is 10.9. The average Bonchev–Trinajstić information content (AvgIpc) is 3.07. The summed E-state index contributed by atoms with van der Waals surface area (Å²) < 4.78 is 0. The highest BCUT2D eigenvalue weighted by Crippen LogP contribution is 2.24. The predicted molar refractivity (Wildman–Crippen MR) is 126 cm³/mol. The molecule has 2 heterocycles. The lowest BCUT2D eigenvalue weighted by atomic mass is 9.85. The zero-order valence-corrected chi connectivity index (χ0v) is 19.7. The summed E-state index contributed by atoms with van der Waals surface area (Å²) in [4.78, 5) is 77.1. The molecule has 0 radical (unpaired) electrons. The fourth-order valence-electron chi connectivity index (χ4n) is 3.99. The zero-order valence-electron chi connectivity index (χ0n) is 19.7. The summed E-state index contributed by atoms with van der Waals surface area (Å²) in [5, 5.41) is 7.59. The van der Waals surface area contributed by atoms with Gasteiger partial charge in [-0.1, -0.05) is 51.1 Å². The molecule has 0 aliphatic carbocycles. The van der Waals surface area contributed by atoms with Crippen molar-refractivity contribution in [3.63, 3.8) is 0 Å². The van der Waals surface area contributed by atoms with E-state index in [1.165, 1.54) is 19.2 Å². The summed E-state index contributed by atoms with van der Waals surface area (Å²) in [6, 6.07) is 9.47. The number of ketones is 1. The molecule has 0 unspecified atom stereocenters. The van der Waals surface area contributed by atoms with Gasteiger partial charge in [-0.2, -0.15) is 0 Å². The number of aromatic amines is 1. The van der Waals surface area contributed by atoms with Crippen molar-refractivity contribution < 1.29 is 24.0 Å². The lowest BCUT2D eigenvalue weighted by molar-refractivity contribution is -0.137. The van der Waals surface area contributed by atoms with Gasteiger partial charge in [0.05, 0.1) is 24.4 Å². The number of hydrogen-bond acceptors (Lipinski definition) is 6. The van der Waals surface area contributed by atoms with Gasteiger partial charge in [0.2, 0.25) is 17.7 Å². The Hall–Kier alpha value is -4.08. The molecule has 1 aromatic carbocycles. The summed E-state index contributed by atoms with van der Waals surface area (Å²) in [6.45, 7) is 4.95. The van der Waals surface area contributed by atoms with E-state index in [1.54, 1.807) is 44.2 Å². The molecule has 10 heteroatoms. The van der Waals surface area contributed by atoms with Gasteiger partial charge < -0.3 is 15.6 Å². The zero-order chi connectivity index (χ0) is 25.7. The maximum atomic E-state index is 13.1. The van der Waals surface area contributed by atoms with Crippen molar-refractivity contribution in [2.75, 3.05) is 0 Å². The normalized spacial score (nSPS) is 19.1. The molecule has 4 N–H and O–H groups in total. The molecule has 35 heavy (non-hydrogen) atoms. The first-order valence-electron chi connectivity index (χ1n) is 11.3. The van der Waals surface area contributed by atoms with E-state index < -0.39 is 53.3 Å². The lowest BCUT2D eigenvalue weighted by Gasteiger charge is -2.26. The first-order chi connectivity index (χ1) is 16.6. The number of H-pyrrole nitrogens is 1. The highest BCUT2D eigenvalue weighted by atomic mass is 16.2. The number of nitrogens with one attached hydrogen (secondary N) is 4. The monoisotopic (exact) mass is 480 g/mol. The van der Waals surface area contributed by atoms with Crippen LogP contribution in [-0.4, -0.2) is 40.4 Å². The largest absolute Gasteiger partial charge is 0.357 e. The molecule has 0 spiro atoms. The van der Waals surface area contributed by atoms with Crippen LogP contribution in [0.5, 0.6) is 0 Å². The minimum Gasteiger partial charge on any atom is -0.357 e. The molecule has 10 nitrogen and oxygen atoms in total. The van der Waals surface area contributed by atoms with Crippen molar-refractivity contribution >= 4 is 29.4 Å². The molecule has 1 saturated heterocycles. The number of benzene rings is 1. The molecule has 4 atom stereocenters. The minimum absolute atomic E-state index is 0.0416. The Kier molecular flexibility index (Phi) is 7.95. The number of Topliss-reactive ketones (excluding diaryl/α,β-unsaturated/α-hetero) is 1. The van der Waals surface area contributed by atoms with E-state index in [4.69, 9.17) is 0 Å². The van der Waals surface area contributed by atoms with Crippen LogP contribution >= 0.6 is 0 Å². The number of rotatable bonds is 9. The Morgan fingerprint density at radius 2 is 1.66 bits per heavy atom. The Morgan fingerprint density at radius 3 is 2.23 bits per heavy atom. The third-order valence-corrected chi connectivity index (χ3v) is 5.95. The average molecular weight is 481 g/mol. The quantitative estimate of drug-likeness (QED) is 0.308. The van der Waals surface area contributed by atoms with E-state index in [2.05, 4.69) is 20.9 Å². The van der Waals surface area contributed by atoms with Gasteiger partial charge in [0, 0.05) is 18.3 Å². The maximum absolute atomic E-state index is 13.1. The van der Waals surface area contributed by atoms with Crippen molar-refractivity contribution in [1.82, 2.24) is 20.9 Å². The molecule has 0 saturated carbocycles. The minimum atomic E-state index is -1.17. The van der Waals surface area contributed by atoms with Crippen LogP contribution in [0.1, 0.15) is 49.3 Å². The molecular weight excluding hydrogens is 452 g/mol. The van der Waals surface area contributed by atoms with Gasteiger partial charge in [0.1, 0.15) is 11.6 Å². The molecule has 2 aromatic rings. The number of pyridine rings is 1. The first-order valence-corrected chi connectivity index (χ1v) is 11.3. The van der Waals surface area contributed by atoms with Crippen molar-refractivity contribution in [2.45, 2.75) is 39.3 Å². The smallest absolute Gasteiger partial charge is 0.268 e. The van der Waals surface area contributed by atoms with Crippen molar-refractivity contribution in [3.8, 4) is 0 Å². The van der Waals surface area contributed by atoms with Gasteiger partial charge in [0.25, 0.3) is 5.91 Å². The number of amides is 4. The van der Waals surface area contributed by atoms with Crippen LogP contribution in [0.2, 0.25) is 0 Å². The summed E-state index contributed by atoms with van der Waals surface area (Å²) in [7, 11) is 0. The Morgan fingerprint density at radius 1 is 0.971 bits per heavy atom. The lowest BCUT2D eigenvalue weighted by Crippen LogP contribution is -2.49. The number of carbonyl (C=O) groups excluding carboxylic acids is 5. The van der Waals surface area contributed by atoms with Crippen LogP contribution in [0.15, 0.2) is 53.5 Å². The molecule has 184 valence electrons. The van der Waals surface area contributed by atoms with E-state index in [0.717, 1.165) is 6.07 Å². The fourth-order valence-corrected chi connectivity index (χ4v) is 3.99. The fraction of sp³-hybridized carbons (Fsp3) is 0.360. The SMILES string of the molecule is CC(C)[C@H](NC(=O)C[C@H](NC(=O)c1cc(=O)cc[nH]1)c1ccccc1)C(=O)[C@@H]1C(=O)NC(=O)[C@H]1C. The molecule has 0 bridgehead atoms. The third kappa shape index (κ3) is 6.08. The standard InChI is InChI=1S/C25H28N4O6/c1-13(2)21(22(32)20-14(3)23(33)29-25(20)35)28-19(31)12-17(15-7-5-4-6-8-15)27-24(34)18-11-16(30)9-10-26-18/h4-11,13-14,17,20-21H,12H2,1-3H3,(H,26,30)(H,27,34)(H,28,31)(H,29,33,35)/t14-,17-,20+,21-/m0/s1. The summed E-state index contributed by atoms with van der Waals surface area (Å²) >= 11 is 0.